The molecule has 0 bridgehead atoms. The van der Waals surface area contributed by atoms with E-state index in [0.717, 1.165) is 18.7 Å². The first-order chi connectivity index (χ1) is 9.44. The van der Waals surface area contributed by atoms with Crippen molar-refractivity contribution in [2.75, 3.05) is 20.1 Å². The monoisotopic (exact) mass is 298 g/mol. The van der Waals surface area contributed by atoms with Gasteiger partial charge in [0.25, 0.3) is 0 Å². The van der Waals surface area contributed by atoms with Crippen LogP contribution in [0, 0.1) is 0 Å². The number of nitrogens with one attached hydrogen (secondary N) is 1. The lowest BCUT2D eigenvalue weighted by Gasteiger charge is -2.19. The summed E-state index contributed by atoms with van der Waals surface area (Å²) in [4.78, 5) is 6.50. The summed E-state index contributed by atoms with van der Waals surface area (Å²) >= 11 is 0. The molecule has 20 heavy (non-hydrogen) atoms. The lowest BCUT2D eigenvalue weighted by Crippen LogP contribution is -2.37. The van der Waals surface area contributed by atoms with Crippen LogP contribution in [0.2, 0.25) is 0 Å². The molecule has 0 unspecified atom stereocenters. The average molecular weight is 298 g/mol. The molecule has 0 aliphatic carbocycles. The van der Waals surface area contributed by atoms with Gasteiger partial charge in [0.05, 0.1) is 11.4 Å². The van der Waals surface area contributed by atoms with Crippen LogP contribution in [0.5, 0.6) is 0 Å². The molecule has 0 atom stereocenters. The summed E-state index contributed by atoms with van der Waals surface area (Å²) in [6.45, 7) is 6.09. The molecule has 0 amide bonds. The van der Waals surface area contributed by atoms with Gasteiger partial charge in [-0.15, -0.1) is 0 Å². The molecule has 0 fully saturated rings. The van der Waals surface area contributed by atoms with Crippen molar-refractivity contribution in [3.05, 3.63) is 29.8 Å². The van der Waals surface area contributed by atoms with Crippen molar-refractivity contribution in [3.63, 3.8) is 0 Å². The molecule has 112 valence electrons. The van der Waals surface area contributed by atoms with Gasteiger partial charge in [0.15, 0.2) is 5.96 Å². The topological polar surface area (TPSA) is 87.8 Å². The Hall–Kier alpha value is -1.60. The summed E-state index contributed by atoms with van der Waals surface area (Å²) in [5.74, 6) is 0.502. The Morgan fingerprint density at radius 1 is 1.25 bits per heavy atom. The standard InChI is InChI=1S/C13H22N4O2S/c1-4-17(5-2)13(14)16-10-11-6-8-12(9-7-11)20(18,19)15-3/h6-9,15H,4-5,10H2,1-3H3,(H2,14,16). The number of hydrogen-bond acceptors (Lipinski definition) is 3. The van der Waals surface area contributed by atoms with E-state index in [9.17, 15) is 8.42 Å². The van der Waals surface area contributed by atoms with Gasteiger partial charge >= 0.3 is 0 Å². The van der Waals surface area contributed by atoms with Crippen LogP contribution in [0.3, 0.4) is 0 Å². The van der Waals surface area contributed by atoms with E-state index in [1.165, 1.54) is 7.05 Å². The minimum Gasteiger partial charge on any atom is -0.370 e. The van der Waals surface area contributed by atoms with Gasteiger partial charge < -0.3 is 10.6 Å². The first-order valence-electron chi connectivity index (χ1n) is 6.52. The molecule has 0 aliphatic rings. The third-order valence-corrected chi connectivity index (χ3v) is 4.44. The fraction of sp³-hybridized carbons (Fsp3) is 0.462. The highest BCUT2D eigenvalue weighted by Crippen LogP contribution is 2.10. The molecule has 1 rings (SSSR count). The Morgan fingerprint density at radius 2 is 1.80 bits per heavy atom. The third-order valence-electron chi connectivity index (χ3n) is 3.01. The van der Waals surface area contributed by atoms with E-state index in [1.54, 1.807) is 24.3 Å². The molecule has 0 spiro atoms. The van der Waals surface area contributed by atoms with Crippen molar-refractivity contribution in [3.8, 4) is 0 Å². The van der Waals surface area contributed by atoms with Gasteiger partial charge in [-0.2, -0.15) is 0 Å². The first kappa shape index (κ1) is 16.5. The van der Waals surface area contributed by atoms with Crippen molar-refractivity contribution >= 4 is 16.0 Å². The maximum absolute atomic E-state index is 11.6. The number of nitrogens with zero attached hydrogens (tertiary/aromatic N) is 2. The molecular formula is C13H22N4O2S. The quantitative estimate of drug-likeness (QED) is 0.599. The second-order valence-corrected chi connectivity index (χ2v) is 6.08. The Balaban J connectivity index is 2.79. The third kappa shape index (κ3) is 4.21. The van der Waals surface area contributed by atoms with E-state index < -0.39 is 10.0 Å². The van der Waals surface area contributed by atoms with Crippen LogP contribution >= 0.6 is 0 Å². The Morgan fingerprint density at radius 3 is 2.25 bits per heavy atom. The lowest BCUT2D eigenvalue weighted by molar-refractivity contribution is 0.458. The molecule has 7 heteroatoms. The van der Waals surface area contributed by atoms with Gasteiger partial charge in [-0.3, -0.25) is 0 Å². The molecule has 0 aliphatic heterocycles. The number of nitrogens with two attached hydrogens (primary N) is 1. The van der Waals surface area contributed by atoms with Crippen LogP contribution < -0.4 is 10.5 Å². The number of sulfonamides is 1. The van der Waals surface area contributed by atoms with E-state index >= 15 is 0 Å². The molecule has 0 heterocycles. The number of aliphatic imine (C=N–C) groups is 1. The van der Waals surface area contributed by atoms with Gasteiger partial charge in [0, 0.05) is 13.1 Å². The van der Waals surface area contributed by atoms with Crippen LogP contribution in [0.15, 0.2) is 34.2 Å². The highest BCUT2D eigenvalue weighted by molar-refractivity contribution is 7.89. The molecule has 1 aromatic carbocycles. The molecular weight excluding hydrogens is 276 g/mol. The van der Waals surface area contributed by atoms with Gasteiger partial charge in [0.2, 0.25) is 10.0 Å². The number of guanidine groups is 1. The largest absolute Gasteiger partial charge is 0.370 e. The summed E-state index contributed by atoms with van der Waals surface area (Å²) in [5.41, 5.74) is 6.79. The van der Waals surface area contributed by atoms with Crippen molar-refractivity contribution < 1.29 is 8.42 Å². The van der Waals surface area contributed by atoms with Gasteiger partial charge in [-0.05, 0) is 38.6 Å². The van der Waals surface area contributed by atoms with E-state index in [-0.39, 0.29) is 4.90 Å². The smallest absolute Gasteiger partial charge is 0.240 e. The van der Waals surface area contributed by atoms with Crippen LogP contribution in [0.4, 0.5) is 0 Å². The molecule has 3 N–H and O–H groups in total. The second kappa shape index (κ2) is 7.25. The normalized spacial score (nSPS) is 12.4. The SMILES string of the molecule is CCN(CC)C(N)=NCc1ccc(S(=O)(=O)NC)cc1. The highest BCUT2D eigenvalue weighted by atomic mass is 32.2. The minimum atomic E-state index is -3.39. The fourth-order valence-electron chi connectivity index (χ4n) is 1.71. The van der Waals surface area contributed by atoms with Crippen LogP contribution in [0.1, 0.15) is 19.4 Å². The van der Waals surface area contributed by atoms with Gasteiger partial charge in [0.1, 0.15) is 0 Å². The zero-order valence-electron chi connectivity index (χ0n) is 12.1. The minimum absolute atomic E-state index is 0.240. The maximum Gasteiger partial charge on any atom is 0.240 e. The van der Waals surface area contributed by atoms with Crippen molar-refractivity contribution in [1.29, 1.82) is 0 Å². The summed E-state index contributed by atoms with van der Waals surface area (Å²) in [6.07, 6.45) is 0. The molecule has 1 aromatic rings. The van der Waals surface area contributed by atoms with Crippen molar-refractivity contribution in [2.24, 2.45) is 10.7 Å². The predicted octanol–water partition coefficient (Wildman–Crippen LogP) is 0.751. The maximum atomic E-state index is 11.6. The molecule has 0 saturated carbocycles. The number of hydrogen-bond donors (Lipinski definition) is 2. The predicted molar refractivity (Wildman–Crippen MR) is 80.9 cm³/mol. The zero-order valence-corrected chi connectivity index (χ0v) is 12.9. The molecule has 0 radical (unpaired) electrons. The van der Waals surface area contributed by atoms with E-state index in [2.05, 4.69) is 9.71 Å². The molecule has 0 aromatic heterocycles. The van der Waals surface area contributed by atoms with E-state index in [4.69, 9.17) is 5.73 Å². The second-order valence-electron chi connectivity index (χ2n) is 4.20. The Bertz CT molecular complexity index is 548. The highest BCUT2D eigenvalue weighted by Gasteiger charge is 2.10. The molecule has 6 nitrogen and oxygen atoms in total. The van der Waals surface area contributed by atoms with E-state index in [1.807, 2.05) is 18.7 Å². The zero-order chi connectivity index (χ0) is 15.2. The number of rotatable bonds is 6. The summed E-state index contributed by atoms with van der Waals surface area (Å²) in [5, 5.41) is 0. The lowest BCUT2D eigenvalue weighted by atomic mass is 10.2. The Kier molecular flexibility index (Phi) is 5.97. The van der Waals surface area contributed by atoms with Crippen molar-refractivity contribution in [2.45, 2.75) is 25.3 Å². The average Bonchev–Trinajstić information content (AvgIpc) is 2.47. The van der Waals surface area contributed by atoms with Gasteiger partial charge in [-0.1, -0.05) is 12.1 Å². The molecule has 0 saturated heterocycles. The van der Waals surface area contributed by atoms with Crippen LogP contribution in [-0.2, 0) is 16.6 Å². The first-order valence-corrected chi connectivity index (χ1v) is 8.00. The fourth-order valence-corrected chi connectivity index (χ4v) is 2.44. The van der Waals surface area contributed by atoms with E-state index in [0.29, 0.717) is 12.5 Å². The van der Waals surface area contributed by atoms with Crippen LogP contribution in [0.25, 0.3) is 0 Å². The summed E-state index contributed by atoms with van der Waals surface area (Å²) in [7, 11) is -2.00. The van der Waals surface area contributed by atoms with Gasteiger partial charge in [-0.25, -0.2) is 18.1 Å². The summed E-state index contributed by atoms with van der Waals surface area (Å²) < 4.78 is 25.4. The summed E-state index contributed by atoms with van der Waals surface area (Å²) in [6, 6.07) is 6.60. The van der Waals surface area contributed by atoms with Crippen LogP contribution in [-0.4, -0.2) is 39.4 Å². The Labute approximate surface area is 120 Å². The number of benzene rings is 1. The van der Waals surface area contributed by atoms with Crippen molar-refractivity contribution in [1.82, 2.24) is 9.62 Å².